The highest BCUT2D eigenvalue weighted by Gasteiger charge is 2.15. The predicted octanol–water partition coefficient (Wildman–Crippen LogP) is 4.71. The second-order valence-electron chi connectivity index (χ2n) is 5.84. The Morgan fingerprint density at radius 2 is 1.76 bits per heavy atom. The number of fused-ring (bicyclic) bond motifs is 1. The van der Waals surface area contributed by atoms with Crippen LogP contribution in [0.2, 0.25) is 0 Å². The summed E-state index contributed by atoms with van der Waals surface area (Å²) in [4.78, 5) is 11.6. The van der Waals surface area contributed by atoms with Crippen molar-refractivity contribution in [1.29, 1.82) is 0 Å². The van der Waals surface area contributed by atoms with Crippen LogP contribution in [0.15, 0.2) is 40.9 Å². The minimum Gasteiger partial charge on any atom is -0.493 e. The molecule has 0 heterocycles. The Morgan fingerprint density at radius 1 is 1.10 bits per heavy atom. The van der Waals surface area contributed by atoms with Gasteiger partial charge < -0.3 is 9.47 Å². The Hall–Kier alpha value is -1.55. The lowest BCUT2D eigenvalue weighted by molar-refractivity contribution is -0.155. The van der Waals surface area contributed by atoms with E-state index in [9.17, 15) is 4.79 Å². The molecule has 0 saturated carbocycles. The lowest BCUT2D eigenvalue weighted by atomic mass is 10.1. The van der Waals surface area contributed by atoms with Crippen LogP contribution >= 0.6 is 15.9 Å². The molecule has 0 N–H and O–H groups in total. The van der Waals surface area contributed by atoms with Gasteiger partial charge >= 0.3 is 5.97 Å². The van der Waals surface area contributed by atoms with E-state index in [0.717, 1.165) is 21.0 Å². The van der Waals surface area contributed by atoms with E-state index in [1.807, 2.05) is 51.1 Å². The van der Waals surface area contributed by atoms with Gasteiger partial charge in [0.2, 0.25) is 0 Å². The normalized spacial score (nSPS) is 11.4. The van der Waals surface area contributed by atoms with E-state index in [4.69, 9.17) is 9.47 Å². The van der Waals surface area contributed by atoms with E-state index in [1.54, 1.807) is 0 Å². The Kier molecular flexibility index (Phi) is 4.88. The quantitative estimate of drug-likeness (QED) is 0.748. The van der Waals surface area contributed by atoms with Crippen molar-refractivity contribution >= 4 is 32.7 Å². The molecule has 0 fully saturated rings. The number of carbonyl (C=O) groups excluding carboxylic acids is 1. The number of benzene rings is 2. The molecular weight excluding hydrogens is 332 g/mol. The fourth-order valence-electron chi connectivity index (χ4n) is 1.93. The van der Waals surface area contributed by atoms with Crippen molar-refractivity contribution in [2.75, 3.05) is 6.61 Å². The van der Waals surface area contributed by atoms with Crippen LogP contribution in [0.5, 0.6) is 5.75 Å². The first-order valence-electron chi connectivity index (χ1n) is 6.87. The van der Waals surface area contributed by atoms with Crippen molar-refractivity contribution < 1.29 is 14.3 Å². The van der Waals surface area contributed by atoms with Gasteiger partial charge in [0, 0.05) is 4.47 Å². The van der Waals surface area contributed by atoms with Gasteiger partial charge in [-0.2, -0.15) is 0 Å². The van der Waals surface area contributed by atoms with Crippen LogP contribution in [-0.2, 0) is 9.53 Å². The number of halogens is 1. The molecule has 3 nitrogen and oxygen atoms in total. The van der Waals surface area contributed by atoms with Crippen LogP contribution in [0.1, 0.15) is 27.2 Å². The van der Waals surface area contributed by atoms with Crippen LogP contribution in [0.25, 0.3) is 10.8 Å². The van der Waals surface area contributed by atoms with E-state index < -0.39 is 5.60 Å². The predicted molar refractivity (Wildman–Crippen MR) is 87.6 cm³/mol. The molecule has 0 unspecified atom stereocenters. The molecule has 0 spiro atoms. The highest BCUT2D eigenvalue weighted by atomic mass is 79.9. The van der Waals surface area contributed by atoms with Crippen LogP contribution in [0.3, 0.4) is 0 Å². The van der Waals surface area contributed by atoms with Crippen molar-refractivity contribution in [2.24, 2.45) is 0 Å². The number of esters is 1. The number of rotatable bonds is 4. The second kappa shape index (κ2) is 6.48. The van der Waals surface area contributed by atoms with Gasteiger partial charge in [-0.1, -0.05) is 28.1 Å². The smallest absolute Gasteiger partial charge is 0.309 e. The molecule has 2 aromatic rings. The van der Waals surface area contributed by atoms with Crippen molar-refractivity contribution in [3.63, 3.8) is 0 Å². The second-order valence-corrected chi connectivity index (χ2v) is 6.75. The largest absolute Gasteiger partial charge is 0.493 e. The molecular formula is C17H19BrO3. The fraction of sp³-hybridized carbons (Fsp3) is 0.353. The van der Waals surface area contributed by atoms with Crippen LogP contribution in [0.4, 0.5) is 0 Å². The summed E-state index contributed by atoms with van der Waals surface area (Å²) >= 11 is 3.45. The lowest BCUT2D eigenvalue weighted by Gasteiger charge is -2.19. The average molecular weight is 351 g/mol. The van der Waals surface area contributed by atoms with E-state index in [-0.39, 0.29) is 12.4 Å². The molecule has 0 radical (unpaired) electrons. The number of ether oxygens (including phenoxy) is 2. The first kappa shape index (κ1) is 15.8. The first-order chi connectivity index (χ1) is 9.83. The summed E-state index contributed by atoms with van der Waals surface area (Å²) in [6.45, 7) is 5.88. The molecule has 0 aromatic heterocycles. The molecule has 4 heteroatoms. The third-order valence-corrected chi connectivity index (χ3v) is 3.26. The van der Waals surface area contributed by atoms with E-state index in [0.29, 0.717) is 6.61 Å². The van der Waals surface area contributed by atoms with Crippen molar-refractivity contribution in [3.8, 4) is 5.75 Å². The maximum absolute atomic E-state index is 11.6. The fourth-order valence-corrected chi connectivity index (χ4v) is 2.31. The molecule has 0 aliphatic carbocycles. The van der Waals surface area contributed by atoms with Gasteiger partial charge in [0.05, 0.1) is 13.0 Å². The van der Waals surface area contributed by atoms with Crippen LogP contribution in [0, 0.1) is 0 Å². The van der Waals surface area contributed by atoms with Gasteiger partial charge in [-0.15, -0.1) is 0 Å². The number of hydrogen-bond donors (Lipinski definition) is 0. The summed E-state index contributed by atoms with van der Waals surface area (Å²) < 4.78 is 11.9. The van der Waals surface area contributed by atoms with Crippen LogP contribution < -0.4 is 4.74 Å². The Labute approximate surface area is 133 Å². The number of hydrogen-bond acceptors (Lipinski definition) is 3. The SMILES string of the molecule is CC(C)(C)OC(=O)CCOc1ccc2cc(Br)ccc2c1. The average Bonchev–Trinajstić information content (AvgIpc) is 2.36. The summed E-state index contributed by atoms with van der Waals surface area (Å²) in [7, 11) is 0. The third kappa shape index (κ3) is 5.05. The zero-order valence-electron chi connectivity index (χ0n) is 12.5. The highest BCUT2D eigenvalue weighted by Crippen LogP contribution is 2.24. The topological polar surface area (TPSA) is 35.5 Å². The Bertz CT molecular complexity index is 644. The van der Waals surface area contributed by atoms with Gasteiger partial charge in [-0.05, 0) is 55.8 Å². The molecule has 0 aliphatic rings. The first-order valence-corrected chi connectivity index (χ1v) is 7.67. The molecule has 0 atom stereocenters. The van der Waals surface area contributed by atoms with Crippen molar-refractivity contribution in [1.82, 2.24) is 0 Å². The van der Waals surface area contributed by atoms with Gasteiger partial charge in [0.25, 0.3) is 0 Å². The maximum Gasteiger partial charge on any atom is 0.309 e. The van der Waals surface area contributed by atoms with Crippen molar-refractivity contribution in [3.05, 3.63) is 40.9 Å². The summed E-state index contributed by atoms with van der Waals surface area (Å²) in [5, 5.41) is 2.25. The molecule has 2 aromatic carbocycles. The summed E-state index contributed by atoms with van der Waals surface area (Å²) in [6.07, 6.45) is 0.246. The highest BCUT2D eigenvalue weighted by molar-refractivity contribution is 9.10. The molecule has 0 aliphatic heterocycles. The molecule has 112 valence electrons. The van der Waals surface area contributed by atoms with Gasteiger partial charge in [0.15, 0.2) is 0 Å². The summed E-state index contributed by atoms with van der Waals surface area (Å²) in [6, 6.07) is 12.0. The van der Waals surface area contributed by atoms with E-state index in [1.165, 1.54) is 0 Å². The van der Waals surface area contributed by atoms with Gasteiger partial charge in [-0.3, -0.25) is 4.79 Å². The van der Waals surface area contributed by atoms with E-state index >= 15 is 0 Å². The summed E-state index contributed by atoms with van der Waals surface area (Å²) in [5.41, 5.74) is -0.451. The maximum atomic E-state index is 11.6. The minimum absolute atomic E-state index is 0.243. The molecule has 0 saturated heterocycles. The Morgan fingerprint density at radius 3 is 2.48 bits per heavy atom. The minimum atomic E-state index is -0.451. The molecule has 2 rings (SSSR count). The van der Waals surface area contributed by atoms with Gasteiger partial charge in [0.1, 0.15) is 11.4 Å². The third-order valence-electron chi connectivity index (χ3n) is 2.77. The Balaban J connectivity index is 1.92. The standard InChI is InChI=1S/C17H19BrO3/c1-17(2,3)21-16(19)8-9-20-15-7-5-12-10-14(18)6-4-13(12)11-15/h4-7,10-11H,8-9H2,1-3H3. The molecule has 21 heavy (non-hydrogen) atoms. The van der Waals surface area contributed by atoms with Crippen LogP contribution in [-0.4, -0.2) is 18.2 Å². The monoisotopic (exact) mass is 350 g/mol. The zero-order valence-corrected chi connectivity index (χ0v) is 14.1. The molecule has 0 bridgehead atoms. The van der Waals surface area contributed by atoms with E-state index in [2.05, 4.69) is 22.0 Å². The van der Waals surface area contributed by atoms with Gasteiger partial charge in [-0.25, -0.2) is 0 Å². The number of carbonyl (C=O) groups is 1. The lowest BCUT2D eigenvalue weighted by Crippen LogP contribution is -2.24. The summed E-state index contributed by atoms with van der Waals surface area (Å²) in [5.74, 6) is 0.514. The zero-order chi connectivity index (χ0) is 15.5. The van der Waals surface area contributed by atoms with Crippen molar-refractivity contribution in [2.45, 2.75) is 32.8 Å². The molecule has 0 amide bonds.